The number of nitrogens with one attached hydrogen (secondary N) is 1. The maximum Gasteiger partial charge on any atom is 0.259 e. The van der Waals surface area contributed by atoms with Gasteiger partial charge in [0.1, 0.15) is 5.82 Å². The maximum absolute atomic E-state index is 13.5. The SMILES string of the molecule is Cc1ccc(-c2cncc(F)c2)cc1NC(=O)c1cn(C)nc1C1CC1. The summed E-state index contributed by atoms with van der Waals surface area (Å²) in [6.07, 6.45) is 6.70. The second-order valence-corrected chi connectivity index (χ2v) is 6.75. The number of anilines is 1. The van der Waals surface area contributed by atoms with Crippen molar-refractivity contribution in [3.8, 4) is 11.1 Å². The molecule has 26 heavy (non-hydrogen) atoms. The van der Waals surface area contributed by atoms with Gasteiger partial charge in [0.2, 0.25) is 0 Å². The van der Waals surface area contributed by atoms with Crippen molar-refractivity contribution in [2.24, 2.45) is 7.05 Å². The van der Waals surface area contributed by atoms with E-state index in [1.807, 2.05) is 32.2 Å². The predicted octanol–water partition coefficient (Wildman–Crippen LogP) is 4.06. The van der Waals surface area contributed by atoms with Crippen molar-refractivity contribution in [2.75, 3.05) is 5.32 Å². The quantitative estimate of drug-likeness (QED) is 0.772. The Bertz CT molecular complexity index is 991. The summed E-state index contributed by atoms with van der Waals surface area (Å²) < 4.78 is 15.1. The monoisotopic (exact) mass is 350 g/mol. The van der Waals surface area contributed by atoms with E-state index in [1.165, 1.54) is 12.3 Å². The number of benzene rings is 1. The first kappa shape index (κ1) is 16.4. The number of carbonyl (C=O) groups excluding carboxylic acids is 1. The lowest BCUT2D eigenvalue weighted by Crippen LogP contribution is -2.14. The summed E-state index contributed by atoms with van der Waals surface area (Å²) in [5.41, 5.74) is 4.58. The molecule has 4 rings (SSSR count). The van der Waals surface area contributed by atoms with Gasteiger partial charge in [0.05, 0.1) is 17.5 Å². The molecule has 0 saturated heterocycles. The highest BCUT2D eigenvalue weighted by atomic mass is 19.1. The highest BCUT2D eigenvalue weighted by Gasteiger charge is 2.31. The number of nitrogens with zero attached hydrogens (tertiary/aromatic N) is 3. The fourth-order valence-electron chi connectivity index (χ4n) is 3.03. The fourth-order valence-corrected chi connectivity index (χ4v) is 3.03. The molecule has 6 heteroatoms. The van der Waals surface area contributed by atoms with Crippen LogP contribution in [0.2, 0.25) is 0 Å². The van der Waals surface area contributed by atoms with Crippen LogP contribution in [0.3, 0.4) is 0 Å². The van der Waals surface area contributed by atoms with Crippen molar-refractivity contribution in [3.63, 3.8) is 0 Å². The molecule has 1 aliphatic rings. The highest BCUT2D eigenvalue weighted by Crippen LogP contribution is 2.40. The smallest absolute Gasteiger partial charge is 0.259 e. The zero-order valence-electron chi connectivity index (χ0n) is 14.7. The highest BCUT2D eigenvalue weighted by molar-refractivity contribution is 6.05. The van der Waals surface area contributed by atoms with Gasteiger partial charge in [-0.15, -0.1) is 0 Å². The number of aromatic nitrogens is 3. The van der Waals surface area contributed by atoms with E-state index >= 15 is 0 Å². The summed E-state index contributed by atoms with van der Waals surface area (Å²) in [5, 5.41) is 7.42. The van der Waals surface area contributed by atoms with E-state index in [9.17, 15) is 9.18 Å². The first-order valence-electron chi connectivity index (χ1n) is 8.58. The number of aryl methyl sites for hydroxylation is 2. The van der Waals surface area contributed by atoms with Gasteiger partial charge in [0.25, 0.3) is 5.91 Å². The van der Waals surface area contributed by atoms with Gasteiger partial charge >= 0.3 is 0 Å². The number of halogens is 1. The van der Waals surface area contributed by atoms with Crippen LogP contribution < -0.4 is 5.32 Å². The van der Waals surface area contributed by atoms with Crippen molar-refractivity contribution < 1.29 is 9.18 Å². The van der Waals surface area contributed by atoms with Crippen LogP contribution in [0.4, 0.5) is 10.1 Å². The second kappa shape index (κ2) is 6.37. The van der Waals surface area contributed by atoms with Gasteiger partial charge < -0.3 is 5.32 Å². The molecule has 1 saturated carbocycles. The Hall–Kier alpha value is -3.02. The van der Waals surface area contributed by atoms with E-state index in [0.717, 1.165) is 29.7 Å². The number of carbonyl (C=O) groups is 1. The Kier molecular flexibility index (Phi) is 4.03. The molecule has 0 atom stereocenters. The van der Waals surface area contributed by atoms with Crippen molar-refractivity contribution in [1.29, 1.82) is 0 Å². The number of amides is 1. The van der Waals surface area contributed by atoms with Crippen LogP contribution in [-0.2, 0) is 7.05 Å². The van der Waals surface area contributed by atoms with Crippen LogP contribution in [0.25, 0.3) is 11.1 Å². The standard InChI is InChI=1S/C20H19FN4O/c1-12-3-4-14(15-7-16(21)10-22-9-15)8-18(12)23-20(26)17-11-25(2)24-19(17)13-5-6-13/h3-4,7-11,13H,5-6H2,1-2H3,(H,23,26). The first-order chi connectivity index (χ1) is 12.5. The van der Waals surface area contributed by atoms with E-state index in [1.54, 1.807) is 17.1 Å². The van der Waals surface area contributed by atoms with Gasteiger partial charge in [-0.2, -0.15) is 5.10 Å². The third-order valence-corrected chi connectivity index (χ3v) is 4.59. The summed E-state index contributed by atoms with van der Waals surface area (Å²) >= 11 is 0. The molecular formula is C20H19FN4O. The lowest BCUT2D eigenvalue weighted by Gasteiger charge is -2.11. The largest absolute Gasteiger partial charge is 0.322 e. The molecule has 3 aromatic rings. The summed E-state index contributed by atoms with van der Waals surface area (Å²) in [5.74, 6) is -0.168. The van der Waals surface area contributed by atoms with Crippen LogP contribution in [0.1, 0.15) is 40.4 Å². The Morgan fingerprint density at radius 1 is 1.23 bits per heavy atom. The third kappa shape index (κ3) is 3.22. The predicted molar refractivity (Wildman–Crippen MR) is 97.5 cm³/mol. The second-order valence-electron chi connectivity index (χ2n) is 6.75. The van der Waals surface area contributed by atoms with Crippen molar-refractivity contribution in [3.05, 3.63) is 65.5 Å². The van der Waals surface area contributed by atoms with Gasteiger partial charge in [-0.1, -0.05) is 12.1 Å². The van der Waals surface area contributed by atoms with E-state index in [2.05, 4.69) is 15.4 Å². The van der Waals surface area contributed by atoms with Crippen LogP contribution in [0, 0.1) is 12.7 Å². The molecule has 5 nitrogen and oxygen atoms in total. The zero-order chi connectivity index (χ0) is 18.3. The Morgan fingerprint density at radius 2 is 2.04 bits per heavy atom. The average Bonchev–Trinajstić information content (AvgIpc) is 3.38. The van der Waals surface area contributed by atoms with Gasteiger partial charge in [-0.05, 0) is 43.0 Å². The molecule has 0 radical (unpaired) electrons. The first-order valence-corrected chi connectivity index (χ1v) is 8.58. The van der Waals surface area contributed by atoms with Crippen molar-refractivity contribution >= 4 is 11.6 Å². The van der Waals surface area contributed by atoms with E-state index in [-0.39, 0.29) is 5.91 Å². The van der Waals surface area contributed by atoms with Crippen molar-refractivity contribution in [1.82, 2.24) is 14.8 Å². The van der Waals surface area contributed by atoms with E-state index in [0.29, 0.717) is 22.7 Å². The number of pyridine rings is 1. The number of hydrogen-bond acceptors (Lipinski definition) is 3. The number of hydrogen-bond donors (Lipinski definition) is 1. The maximum atomic E-state index is 13.5. The molecule has 0 bridgehead atoms. The Labute approximate surface area is 150 Å². The molecule has 1 aliphatic carbocycles. The minimum atomic E-state index is -0.391. The van der Waals surface area contributed by atoms with E-state index in [4.69, 9.17) is 0 Å². The average molecular weight is 350 g/mol. The van der Waals surface area contributed by atoms with Crippen LogP contribution in [0.15, 0.2) is 42.9 Å². The minimum Gasteiger partial charge on any atom is -0.322 e. The molecular weight excluding hydrogens is 331 g/mol. The van der Waals surface area contributed by atoms with Gasteiger partial charge in [0.15, 0.2) is 0 Å². The lowest BCUT2D eigenvalue weighted by molar-refractivity contribution is 0.102. The molecule has 1 fully saturated rings. The molecule has 0 spiro atoms. The molecule has 1 aromatic carbocycles. The molecule has 1 amide bonds. The molecule has 1 N–H and O–H groups in total. The van der Waals surface area contributed by atoms with Crippen LogP contribution in [0.5, 0.6) is 0 Å². The van der Waals surface area contributed by atoms with E-state index < -0.39 is 5.82 Å². The summed E-state index contributed by atoms with van der Waals surface area (Å²) in [6, 6.07) is 7.06. The molecule has 2 aromatic heterocycles. The van der Waals surface area contributed by atoms with Gasteiger partial charge in [-0.3, -0.25) is 14.5 Å². The molecule has 0 aliphatic heterocycles. The molecule has 132 valence electrons. The Morgan fingerprint density at radius 3 is 2.77 bits per heavy atom. The van der Waals surface area contributed by atoms with Crippen LogP contribution in [-0.4, -0.2) is 20.7 Å². The zero-order valence-corrected chi connectivity index (χ0v) is 14.7. The Balaban J connectivity index is 1.64. The lowest BCUT2D eigenvalue weighted by atomic mass is 10.0. The van der Waals surface area contributed by atoms with Gasteiger partial charge in [-0.25, -0.2) is 4.39 Å². The summed E-state index contributed by atoms with van der Waals surface area (Å²) in [7, 11) is 1.82. The van der Waals surface area contributed by atoms with Crippen LogP contribution >= 0.6 is 0 Å². The molecule has 0 unspecified atom stereocenters. The van der Waals surface area contributed by atoms with Crippen molar-refractivity contribution in [2.45, 2.75) is 25.7 Å². The number of rotatable bonds is 4. The fraction of sp³-hybridized carbons (Fsp3) is 0.250. The van der Waals surface area contributed by atoms with Gasteiger partial charge in [0, 0.05) is 36.6 Å². The summed E-state index contributed by atoms with van der Waals surface area (Å²) in [6.45, 7) is 1.92. The summed E-state index contributed by atoms with van der Waals surface area (Å²) in [4.78, 5) is 16.7. The topological polar surface area (TPSA) is 59.8 Å². The third-order valence-electron chi connectivity index (χ3n) is 4.59. The minimum absolute atomic E-state index is 0.169. The normalized spacial score (nSPS) is 13.7. The molecule has 2 heterocycles.